The Morgan fingerprint density at radius 1 is 1.55 bits per heavy atom. The molecule has 1 heterocycles. The molecule has 3 nitrogen and oxygen atoms in total. The van der Waals surface area contributed by atoms with Crippen LogP contribution in [0, 0.1) is 5.41 Å². The maximum absolute atomic E-state index is 7.53. The van der Waals surface area contributed by atoms with Gasteiger partial charge in [0.1, 0.15) is 5.69 Å². The standard InChI is InChI=1S/C8H11N3/c1-2-3-7(9)8-6-10-4-5-11-8/h4-6,9H,2-3H2,1H3. The van der Waals surface area contributed by atoms with Crippen LogP contribution in [0.5, 0.6) is 0 Å². The molecule has 0 bridgehead atoms. The Balaban J connectivity index is 2.69. The van der Waals surface area contributed by atoms with Crippen molar-refractivity contribution < 1.29 is 0 Å². The zero-order valence-electron chi connectivity index (χ0n) is 6.54. The van der Waals surface area contributed by atoms with E-state index in [0.29, 0.717) is 11.4 Å². The van der Waals surface area contributed by atoms with Crippen LogP contribution in [-0.2, 0) is 0 Å². The van der Waals surface area contributed by atoms with Gasteiger partial charge in [-0.25, -0.2) is 0 Å². The summed E-state index contributed by atoms with van der Waals surface area (Å²) in [5.74, 6) is 0. The Bertz CT molecular complexity index is 230. The highest BCUT2D eigenvalue weighted by molar-refractivity contribution is 5.95. The SMILES string of the molecule is CCCC(=N)c1cnccn1. The van der Waals surface area contributed by atoms with Crippen molar-refractivity contribution in [3.63, 3.8) is 0 Å². The average Bonchev–Trinajstić information content (AvgIpc) is 2.07. The predicted molar refractivity (Wildman–Crippen MR) is 43.8 cm³/mol. The molecule has 0 aliphatic heterocycles. The highest BCUT2D eigenvalue weighted by Gasteiger charge is 1.99. The highest BCUT2D eigenvalue weighted by Crippen LogP contribution is 1.98. The zero-order chi connectivity index (χ0) is 8.10. The molecule has 0 amide bonds. The molecule has 58 valence electrons. The second-order valence-corrected chi connectivity index (χ2v) is 2.32. The van der Waals surface area contributed by atoms with Crippen molar-refractivity contribution in [2.45, 2.75) is 19.8 Å². The lowest BCUT2D eigenvalue weighted by atomic mass is 10.2. The summed E-state index contributed by atoms with van der Waals surface area (Å²) in [6.45, 7) is 2.05. The van der Waals surface area contributed by atoms with E-state index in [0.717, 1.165) is 12.8 Å². The van der Waals surface area contributed by atoms with E-state index in [2.05, 4.69) is 9.97 Å². The van der Waals surface area contributed by atoms with E-state index in [-0.39, 0.29) is 0 Å². The maximum atomic E-state index is 7.53. The number of rotatable bonds is 3. The molecule has 0 radical (unpaired) electrons. The topological polar surface area (TPSA) is 49.6 Å². The highest BCUT2D eigenvalue weighted by atomic mass is 14.8. The molecule has 0 aliphatic carbocycles. The van der Waals surface area contributed by atoms with Crippen molar-refractivity contribution in [1.29, 1.82) is 5.41 Å². The summed E-state index contributed by atoms with van der Waals surface area (Å²) in [4.78, 5) is 7.89. The minimum atomic E-state index is 0.570. The molecule has 0 fully saturated rings. The van der Waals surface area contributed by atoms with Gasteiger partial charge >= 0.3 is 0 Å². The van der Waals surface area contributed by atoms with E-state index >= 15 is 0 Å². The van der Waals surface area contributed by atoms with Gasteiger partial charge in [-0.3, -0.25) is 9.97 Å². The van der Waals surface area contributed by atoms with Gasteiger partial charge in [0.05, 0.1) is 11.9 Å². The molecule has 0 aromatic carbocycles. The van der Waals surface area contributed by atoms with Crippen LogP contribution in [0.1, 0.15) is 25.5 Å². The first-order valence-corrected chi connectivity index (χ1v) is 3.68. The van der Waals surface area contributed by atoms with Gasteiger partial charge in [-0.1, -0.05) is 13.3 Å². The fourth-order valence-corrected chi connectivity index (χ4v) is 0.833. The maximum Gasteiger partial charge on any atom is 0.102 e. The van der Waals surface area contributed by atoms with Crippen molar-refractivity contribution in [1.82, 2.24) is 9.97 Å². The third-order valence-electron chi connectivity index (χ3n) is 1.37. The van der Waals surface area contributed by atoms with Crippen LogP contribution < -0.4 is 0 Å². The van der Waals surface area contributed by atoms with Crippen molar-refractivity contribution in [2.24, 2.45) is 0 Å². The molecule has 0 atom stereocenters. The largest absolute Gasteiger partial charge is 0.303 e. The zero-order valence-corrected chi connectivity index (χ0v) is 6.54. The van der Waals surface area contributed by atoms with Crippen LogP contribution in [0.4, 0.5) is 0 Å². The average molecular weight is 149 g/mol. The lowest BCUT2D eigenvalue weighted by Gasteiger charge is -1.98. The smallest absolute Gasteiger partial charge is 0.102 e. The van der Waals surface area contributed by atoms with Crippen molar-refractivity contribution in [3.8, 4) is 0 Å². The Hall–Kier alpha value is -1.25. The molecule has 1 aromatic rings. The van der Waals surface area contributed by atoms with Crippen LogP contribution in [0.3, 0.4) is 0 Å². The second-order valence-electron chi connectivity index (χ2n) is 2.32. The number of aromatic nitrogens is 2. The number of hydrogen-bond donors (Lipinski definition) is 1. The predicted octanol–water partition coefficient (Wildman–Crippen LogP) is 1.64. The molecule has 3 heteroatoms. The van der Waals surface area contributed by atoms with Gasteiger partial charge in [0.25, 0.3) is 0 Å². The third-order valence-corrected chi connectivity index (χ3v) is 1.37. The molecular weight excluding hydrogens is 138 g/mol. The van der Waals surface area contributed by atoms with Crippen LogP contribution in [0.2, 0.25) is 0 Å². The Morgan fingerprint density at radius 3 is 2.91 bits per heavy atom. The van der Waals surface area contributed by atoms with E-state index in [9.17, 15) is 0 Å². The van der Waals surface area contributed by atoms with Gasteiger partial charge in [-0.2, -0.15) is 0 Å². The van der Waals surface area contributed by atoms with Gasteiger partial charge in [-0.15, -0.1) is 0 Å². The minimum Gasteiger partial charge on any atom is -0.303 e. The summed E-state index contributed by atoms with van der Waals surface area (Å²) in [5.41, 5.74) is 1.26. The van der Waals surface area contributed by atoms with Crippen LogP contribution >= 0.6 is 0 Å². The lowest BCUT2D eigenvalue weighted by Crippen LogP contribution is -2.01. The van der Waals surface area contributed by atoms with Crippen molar-refractivity contribution in [3.05, 3.63) is 24.3 Å². The van der Waals surface area contributed by atoms with E-state index in [1.807, 2.05) is 6.92 Å². The summed E-state index contributed by atoms with van der Waals surface area (Å²) in [6.07, 6.45) is 6.61. The summed E-state index contributed by atoms with van der Waals surface area (Å²) in [6, 6.07) is 0. The van der Waals surface area contributed by atoms with E-state index in [4.69, 9.17) is 5.41 Å². The number of nitrogens with one attached hydrogen (secondary N) is 1. The van der Waals surface area contributed by atoms with Gasteiger partial charge in [-0.05, 0) is 6.42 Å². The second kappa shape index (κ2) is 3.81. The van der Waals surface area contributed by atoms with Gasteiger partial charge in [0.15, 0.2) is 0 Å². The molecule has 0 saturated carbocycles. The third kappa shape index (κ3) is 2.11. The number of nitrogens with zero attached hydrogens (tertiary/aromatic N) is 2. The molecule has 0 unspecified atom stereocenters. The van der Waals surface area contributed by atoms with Crippen LogP contribution in [0.15, 0.2) is 18.6 Å². The number of hydrogen-bond acceptors (Lipinski definition) is 3. The van der Waals surface area contributed by atoms with E-state index in [1.54, 1.807) is 18.6 Å². The van der Waals surface area contributed by atoms with Crippen molar-refractivity contribution >= 4 is 5.71 Å². The first-order chi connectivity index (χ1) is 5.34. The van der Waals surface area contributed by atoms with E-state index < -0.39 is 0 Å². The summed E-state index contributed by atoms with van der Waals surface area (Å²) >= 11 is 0. The molecule has 11 heavy (non-hydrogen) atoms. The molecular formula is C8H11N3. The summed E-state index contributed by atoms with van der Waals surface area (Å²) in [7, 11) is 0. The molecule has 0 aliphatic rings. The molecule has 1 N–H and O–H groups in total. The van der Waals surface area contributed by atoms with Crippen LogP contribution in [0.25, 0.3) is 0 Å². The Labute approximate surface area is 66.0 Å². The Morgan fingerprint density at radius 2 is 2.36 bits per heavy atom. The normalized spacial score (nSPS) is 9.55. The Kier molecular flexibility index (Phi) is 2.72. The fourth-order valence-electron chi connectivity index (χ4n) is 0.833. The molecule has 0 spiro atoms. The fraction of sp³-hybridized carbons (Fsp3) is 0.375. The summed E-state index contributed by atoms with van der Waals surface area (Å²) < 4.78 is 0. The quantitative estimate of drug-likeness (QED) is 0.664. The minimum absolute atomic E-state index is 0.570. The monoisotopic (exact) mass is 149 g/mol. The van der Waals surface area contributed by atoms with E-state index in [1.165, 1.54) is 0 Å². The molecule has 1 rings (SSSR count). The lowest BCUT2D eigenvalue weighted by molar-refractivity contribution is 0.976. The van der Waals surface area contributed by atoms with Crippen LogP contribution in [-0.4, -0.2) is 15.7 Å². The van der Waals surface area contributed by atoms with Gasteiger partial charge in [0.2, 0.25) is 0 Å². The first kappa shape index (κ1) is 7.85. The summed E-state index contributed by atoms with van der Waals surface area (Å²) in [5, 5.41) is 7.53. The molecule has 1 aromatic heterocycles. The molecule has 0 saturated heterocycles. The van der Waals surface area contributed by atoms with Gasteiger partial charge in [0, 0.05) is 12.4 Å². The van der Waals surface area contributed by atoms with Crippen molar-refractivity contribution in [2.75, 3.05) is 0 Å². The first-order valence-electron chi connectivity index (χ1n) is 3.68. The van der Waals surface area contributed by atoms with Gasteiger partial charge < -0.3 is 5.41 Å².